The van der Waals surface area contributed by atoms with Gasteiger partial charge in [0, 0.05) is 87.2 Å². The standard InChI is InChI=1S/C58H64F2N10O11/c1-67(57(76)81-53-46-11-4-2-9-44(46)45-10-3-5-12-47(45)53)20-22-78-24-26-80-28-27-79-25-23-77-21-17-51(71)62-18-19-63-54(73)39-15-13-38(14-16-39)50-36-69(66-65-50)34-41-8-6-7-40-33-68(35-48(40)41)52(72)30-42-29-49(64-55(42)74)56(75)70-37-58(59,60)31-43(70)32-61/h2-16,36,42-43,49,53H,17-31,33-35,37H2,1H3,(H,62,71)(H,63,73)(H,64,74)/t42-,43-,49-/m0/s1. The Bertz CT molecular complexity index is 3070. The van der Waals surface area contributed by atoms with Crippen LogP contribution in [0.4, 0.5) is 13.6 Å². The number of benzene rings is 4. The number of nitrogens with one attached hydrogen (secondary N) is 3. The van der Waals surface area contributed by atoms with E-state index in [2.05, 4.69) is 26.3 Å². The first-order valence-corrected chi connectivity index (χ1v) is 27.0. The van der Waals surface area contributed by atoms with E-state index in [1.807, 2.05) is 66.7 Å². The third-order valence-electron chi connectivity index (χ3n) is 14.6. The number of carbonyl (C=O) groups is 6. The lowest BCUT2D eigenvalue weighted by Crippen LogP contribution is -2.46. The van der Waals surface area contributed by atoms with Gasteiger partial charge in [-0.2, -0.15) is 5.26 Å². The summed E-state index contributed by atoms with van der Waals surface area (Å²) in [4.78, 5) is 81.4. The molecule has 23 heteroatoms. The van der Waals surface area contributed by atoms with E-state index in [9.17, 15) is 42.8 Å². The van der Waals surface area contributed by atoms with E-state index >= 15 is 0 Å². The Morgan fingerprint density at radius 2 is 1.47 bits per heavy atom. The van der Waals surface area contributed by atoms with Gasteiger partial charge in [0.05, 0.1) is 78.2 Å². The first-order valence-electron chi connectivity index (χ1n) is 27.0. The molecule has 2 saturated heterocycles. The van der Waals surface area contributed by atoms with Gasteiger partial charge >= 0.3 is 6.09 Å². The van der Waals surface area contributed by atoms with Crippen molar-refractivity contribution in [2.75, 3.05) is 86.1 Å². The Morgan fingerprint density at radius 1 is 0.815 bits per heavy atom. The molecule has 0 unspecified atom stereocenters. The molecule has 4 aromatic carbocycles. The van der Waals surface area contributed by atoms with Gasteiger partial charge in [-0.05, 0) is 46.4 Å². The third-order valence-corrected chi connectivity index (χ3v) is 14.6. The van der Waals surface area contributed by atoms with Crippen molar-refractivity contribution in [3.05, 3.63) is 131 Å². The van der Waals surface area contributed by atoms with E-state index in [4.69, 9.17) is 23.7 Å². The molecule has 2 fully saturated rings. The van der Waals surface area contributed by atoms with Gasteiger partial charge in [0.15, 0.2) is 6.10 Å². The van der Waals surface area contributed by atoms with Crippen molar-refractivity contribution in [3.63, 3.8) is 0 Å². The molecule has 0 spiro atoms. The second kappa shape index (κ2) is 26.9. The largest absolute Gasteiger partial charge is 0.436 e. The molecular weight excluding hydrogens is 1050 g/mol. The second-order valence-corrected chi connectivity index (χ2v) is 20.2. The van der Waals surface area contributed by atoms with Crippen LogP contribution in [-0.2, 0) is 62.5 Å². The summed E-state index contributed by atoms with van der Waals surface area (Å²) in [5, 5.41) is 26.1. The molecule has 5 aromatic rings. The molecular formula is C58H64F2N10O11. The lowest BCUT2D eigenvalue weighted by atomic mass is 9.99. The molecule has 1 aromatic heterocycles. The fourth-order valence-corrected chi connectivity index (χ4v) is 10.3. The normalized spacial score (nSPS) is 17.7. The molecule has 4 heterocycles. The molecule has 0 bridgehead atoms. The van der Waals surface area contributed by atoms with Crippen LogP contribution in [0.3, 0.4) is 0 Å². The zero-order chi connectivity index (χ0) is 56.9. The number of hydrogen-bond donors (Lipinski definition) is 3. The van der Waals surface area contributed by atoms with Crippen LogP contribution in [0.25, 0.3) is 22.4 Å². The van der Waals surface area contributed by atoms with Crippen molar-refractivity contribution in [1.82, 2.24) is 45.6 Å². The smallest absolute Gasteiger partial charge is 0.410 e. The van der Waals surface area contributed by atoms with Crippen LogP contribution >= 0.6 is 0 Å². The zero-order valence-electron chi connectivity index (χ0n) is 44.9. The lowest BCUT2D eigenvalue weighted by molar-refractivity contribution is -0.135. The molecule has 3 aliphatic heterocycles. The van der Waals surface area contributed by atoms with Crippen molar-refractivity contribution < 1.29 is 61.2 Å². The van der Waals surface area contributed by atoms with E-state index in [0.717, 1.165) is 49.4 Å². The Labute approximate surface area is 466 Å². The molecule has 21 nitrogen and oxygen atoms in total. The van der Waals surface area contributed by atoms with Crippen molar-refractivity contribution in [2.24, 2.45) is 5.92 Å². The Balaban J connectivity index is 0.583. The molecule has 0 saturated carbocycles. The lowest BCUT2D eigenvalue weighted by Gasteiger charge is -2.22. The van der Waals surface area contributed by atoms with Crippen LogP contribution in [0.2, 0.25) is 0 Å². The summed E-state index contributed by atoms with van der Waals surface area (Å²) < 4.78 is 57.8. The highest BCUT2D eigenvalue weighted by atomic mass is 19.3. The predicted octanol–water partition coefficient (Wildman–Crippen LogP) is 4.63. The van der Waals surface area contributed by atoms with Crippen molar-refractivity contribution in [1.29, 1.82) is 5.26 Å². The number of fused-ring (bicyclic) bond motifs is 4. The number of nitrogens with zero attached hydrogens (tertiary/aromatic N) is 7. The number of alkyl halides is 2. The van der Waals surface area contributed by atoms with Crippen LogP contribution in [0.15, 0.2) is 97.2 Å². The minimum absolute atomic E-state index is 0.0306. The zero-order valence-corrected chi connectivity index (χ0v) is 44.9. The Hall–Kier alpha value is -8.17. The predicted molar refractivity (Wildman–Crippen MR) is 287 cm³/mol. The van der Waals surface area contributed by atoms with E-state index in [-0.39, 0.29) is 56.7 Å². The van der Waals surface area contributed by atoms with Crippen LogP contribution in [0, 0.1) is 17.2 Å². The van der Waals surface area contributed by atoms with Gasteiger partial charge in [0.2, 0.25) is 23.6 Å². The van der Waals surface area contributed by atoms with Crippen LogP contribution in [0.1, 0.15) is 70.0 Å². The van der Waals surface area contributed by atoms with Crippen molar-refractivity contribution in [3.8, 4) is 28.5 Å². The number of rotatable bonds is 26. The van der Waals surface area contributed by atoms with E-state index < -0.39 is 60.9 Å². The summed E-state index contributed by atoms with van der Waals surface area (Å²) >= 11 is 0. The number of amides is 6. The molecule has 3 N–H and O–H groups in total. The Morgan fingerprint density at radius 3 is 2.16 bits per heavy atom. The highest BCUT2D eigenvalue weighted by Crippen LogP contribution is 2.45. The molecule has 0 radical (unpaired) electrons. The fourth-order valence-electron chi connectivity index (χ4n) is 10.3. The van der Waals surface area contributed by atoms with Gasteiger partial charge in [-0.25, -0.2) is 18.3 Å². The molecule has 9 rings (SSSR count). The average molecular weight is 1120 g/mol. The van der Waals surface area contributed by atoms with Gasteiger partial charge in [-0.1, -0.05) is 84.1 Å². The van der Waals surface area contributed by atoms with E-state index in [1.54, 1.807) is 53.2 Å². The first-order chi connectivity index (χ1) is 39.2. The molecule has 6 amide bonds. The van der Waals surface area contributed by atoms with E-state index in [0.29, 0.717) is 83.7 Å². The molecule has 1 aliphatic carbocycles. The number of halogens is 2. The van der Waals surface area contributed by atoms with Crippen molar-refractivity contribution in [2.45, 2.75) is 69.4 Å². The molecule has 4 aliphatic rings. The number of carbonyl (C=O) groups excluding carboxylic acids is 6. The maximum Gasteiger partial charge on any atom is 0.410 e. The number of nitriles is 1. The molecule has 81 heavy (non-hydrogen) atoms. The second-order valence-electron chi connectivity index (χ2n) is 20.2. The van der Waals surface area contributed by atoms with Crippen LogP contribution < -0.4 is 16.0 Å². The number of ether oxygens (including phenoxy) is 5. The number of likely N-dealkylation sites (N-methyl/N-ethyl adjacent to an activating group) is 1. The van der Waals surface area contributed by atoms with E-state index in [1.165, 1.54) is 4.90 Å². The highest BCUT2D eigenvalue weighted by Gasteiger charge is 2.50. The van der Waals surface area contributed by atoms with Gasteiger partial charge in [0.25, 0.3) is 11.8 Å². The summed E-state index contributed by atoms with van der Waals surface area (Å²) in [6.45, 7) is 3.58. The topological polar surface area (TPSA) is 249 Å². The monoisotopic (exact) mass is 1110 g/mol. The van der Waals surface area contributed by atoms with Crippen LogP contribution in [0.5, 0.6) is 0 Å². The van der Waals surface area contributed by atoms with Gasteiger partial charge in [-0.3, -0.25) is 24.0 Å². The summed E-state index contributed by atoms with van der Waals surface area (Å²) in [6, 6.07) is 27.9. The number of hydrogen-bond acceptors (Lipinski definition) is 14. The SMILES string of the molecule is CN(CCOCCOCCOCCOCCC(=O)NCCNC(=O)c1ccc(-c2cn(Cc3cccc4c3CN(C(=O)C[C@@H]3C[C@@H](C(=O)N5CC(F)(F)C[C@H]5C#N)NC3=O)C4)nn2)cc1)C(=O)OC1c2ccccc2-c2ccccc21. The third kappa shape index (κ3) is 14.6. The first kappa shape index (κ1) is 57.5. The van der Waals surface area contributed by atoms with Gasteiger partial charge < -0.3 is 54.3 Å². The molecule has 426 valence electrons. The minimum Gasteiger partial charge on any atom is -0.436 e. The maximum absolute atomic E-state index is 14.0. The Kier molecular flexibility index (Phi) is 19.1. The number of likely N-dealkylation sites (tertiary alicyclic amines) is 1. The van der Waals surface area contributed by atoms with Crippen LogP contribution in [-0.4, -0.2) is 169 Å². The minimum atomic E-state index is -3.19. The van der Waals surface area contributed by atoms with Crippen molar-refractivity contribution >= 4 is 35.6 Å². The summed E-state index contributed by atoms with van der Waals surface area (Å²) in [6.07, 6.45) is 0.114. The summed E-state index contributed by atoms with van der Waals surface area (Å²) in [5.74, 6) is -6.06. The van der Waals surface area contributed by atoms with Gasteiger partial charge in [0.1, 0.15) is 17.8 Å². The number of aromatic nitrogens is 3. The summed E-state index contributed by atoms with van der Waals surface area (Å²) in [5.41, 5.74) is 8.66. The average Bonchev–Trinajstić information content (AvgIpc) is 4.32. The summed E-state index contributed by atoms with van der Waals surface area (Å²) in [7, 11) is 1.68. The molecule has 3 atom stereocenters. The maximum atomic E-state index is 14.0. The quantitative estimate of drug-likeness (QED) is 0.0640. The fraction of sp³-hybridized carbons (Fsp3) is 0.431. The van der Waals surface area contributed by atoms with Gasteiger partial charge in [-0.15, -0.1) is 5.10 Å². The highest BCUT2D eigenvalue weighted by molar-refractivity contribution is 5.95.